The van der Waals surface area contributed by atoms with Crippen molar-refractivity contribution >= 4 is 22.6 Å². The van der Waals surface area contributed by atoms with Gasteiger partial charge in [0.15, 0.2) is 6.10 Å². The molecule has 0 radical (unpaired) electrons. The highest BCUT2D eigenvalue weighted by molar-refractivity contribution is 6.06. The minimum absolute atomic E-state index is 0.370. The van der Waals surface area contributed by atoms with Gasteiger partial charge in [0.2, 0.25) is 0 Å². The number of amides is 1. The number of hydrogen-bond donors (Lipinski definition) is 1. The Morgan fingerprint density at radius 3 is 2.35 bits per heavy atom. The number of fused-ring (bicyclic) bond motifs is 1. The van der Waals surface area contributed by atoms with Crippen molar-refractivity contribution in [3.05, 3.63) is 42.0 Å². The van der Waals surface area contributed by atoms with E-state index in [1.807, 2.05) is 18.2 Å². The van der Waals surface area contributed by atoms with E-state index in [1.54, 1.807) is 25.3 Å². The summed E-state index contributed by atoms with van der Waals surface area (Å²) >= 11 is 0. The Morgan fingerprint density at radius 1 is 1.10 bits per heavy atom. The van der Waals surface area contributed by atoms with Gasteiger partial charge in [-0.05, 0) is 24.4 Å². The zero-order valence-corrected chi connectivity index (χ0v) is 11.3. The molecule has 0 aliphatic heterocycles. The summed E-state index contributed by atoms with van der Waals surface area (Å²) in [6.07, 6.45) is -0.969. The fraction of sp³-hybridized carbons (Fsp3) is 0.200. The normalized spacial score (nSPS) is 11.9. The van der Waals surface area contributed by atoms with Crippen LogP contribution in [0.15, 0.2) is 36.4 Å². The van der Waals surface area contributed by atoms with E-state index in [0.717, 1.165) is 5.39 Å². The standard InChI is InChI=1S/C15H15NO4/c1-9(14(16)17)20-15(18)12-7-8-13(19-2)11-6-4-3-5-10(11)12/h3-9H,1-2H3,(H2,16,17)/t9-/m1/s1. The molecule has 5 heteroatoms. The van der Waals surface area contributed by atoms with Crippen LogP contribution in [0.2, 0.25) is 0 Å². The predicted molar refractivity (Wildman–Crippen MR) is 74.6 cm³/mol. The van der Waals surface area contributed by atoms with E-state index < -0.39 is 18.0 Å². The number of methoxy groups -OCH3 is 1. The molecule has 104 valence electrons. The van der Waals surface area contributed by atoms with Gasteiger partial charge in [0.25, 0.3) is 5.91 Å². The molecule has 2 aromatic carbocycles. The fourth-order valence-corrected chi connectivity index (χ4v) is 1.91. The molecule has 5 nitrogen and oxygen atoms in total. The van der Waals surface area contributed by atoms with E-state index in [4.69, 9.17) is 15.2 Å². The quantitative estimate of drug-likeness (QED) is 0.863. The fourth-order valence-electron chi connectivity index (χ4n) is 1.91. The number of rotatable bonds is 4. The van der Waals surface area contributed by atoms with Crippen LogP contribution in [0, 0.1) is 0 Å². The molecule has 0 heterocycles. The van der Waals surface area contributed by atoms with Crippen molar-refractivity contribution in [1.82, 2.24) is 0 Å². The predicted octanol–water partition coefficient (Wildman–Crippen LogP) is 1.88. The summed E-state index contributed by atoms with van der Waals surface area (Å²) in [4.78, 5) is 23.1. The topological polar surface area (TPSA) is 78.6 Å². The molecule has 2 N–H and O–H groups in total. The molecule has 0 saturated heterocycles. The van der Waals surface area contributed by atoms with Crippen LogP contribution < -0.4 is 10.5 Å². The molecule has 20 heavy (non-hydrogen) atoms. The third-order valence-corrected chi connectivity index (χ3v) is 3.01. The van der Waals surface area contributed by atoms with Gasteiger partial charge >= 0.3 is 5.97 Å². The first-order chi connectivity index (χ1) is 9.54. The lowest BCUT2D eigenvalue weighted by molar-refractivity contribution is -0.125. The van der Waals surface area contributed by atoms with Crippen molar-refractivity contribution in [1.29, 1.82) is 0 Å². The lowest BCUT2D eigenvalue weighted by Crippen LogP contribution is -2.30. The van der Waals surface area contributed by atoms with Crippen LogP contribution in [0.1, 0.15) is 17.3 Å². The first kappa shape index (κ1) is 13.9. The average molecular weight is 273 g/mol. The van der Waals surface area contributed by atoms with Crippen LogP contribution in [-0.4, -0.2) is 25.1 Å². The molecule has 0 saturated carbocycles. The number of carbonyl (C=O) groups excluding carboxylic acids is 2. The maximum atomic E-state index is 12.1. The summed E-state index contributed by atoms with van der Waals surface area (Å²) in [5.41, 5.74) is 5.45. The van der Waals surface area contributed by atoms with E-state index in [9.17, 15) is 9.59 Å². The Bertz CT molecular complexity index is 666. The van der Waals surface area contributed by atoms with Crippen LogP contribution in [0.3, 0.4) is 0 Å². The number of nitrogens with two attached hydrogens (primary N) is 1. The molecule has 0 aliphatic rings. The second-order valence-corrected chi connectivity index (χ2v) is 4.31. The summed E-state index contributed by atoms with van der Waals surface area (Å²) in [5, 5.41) is 1.50. The molecular weight excluding hydrogens is 258 g/mol. The summed E-state index contributed by atoms with van der Waals surface area (Å²) in [5.74, 6) is -0.605. The van der Waals surface area contributed by atoms with Gasteiger partial charge in [-0.15, -0.1) is 0 Å². The van der Waals surface area contributed by atoms with E-state index in [1.165, 1.54) is 6.92 Å². The monoisotopic (exact) mass is 273 g/mol. The van der Waals surface area contributed by atoms with Gasteiger partial charge < -0.3 is 15.2 Å². The van der Waals surface area contributed by atoms with Gasteiger partial charge in [0.05, 0.1) is 12.7 Å². The Hall–Kier alpha value is -2.56. The minimum atomic E-state index is -0.969. The van der Waals surface area contributed by atoms with Crippen molar-refractivity contribution < 1.29 is 19.1 Å². The van der Waals surface area contributed by atoms with Gasteiger partial charge in [-0.25, -0.2) is 4.79 Å². The maximum Gasteiger partial charge on any atom is 0.339 e. The van der Waals surface area contributed by atoms with E-state index in [2.05, 4.69) is 0 Å². The zero-order valence-electron chi connectivity index (χ0n) is 11.3. The summed E-state index contributed by atoms with van der Waals surface area (Å²) in [6, 6.07) is 10.6. The van der Waals surface area contributed by atoms with Gasteiger partial charge in [0, 0.05) is 5.39 Å². The van der Waals surface area contributed by atoms with Crippen molar-refractivity contribution in [2.75, 3.05) is 7.11 Å². The largest absolute Gasteiger partial charge is 0.496 e. The van der Waals surface area contributed by atoms with Crippen molar-refractivity contribution in [2.24, 2.45) is 5.73 Å². The molecule has 1 atom stereocenters. The highest BCUT2D eigenvalue weighted by Gasteiger charge is 2.19. The number of benzene rings is 2. The number of hydrogen-bond acceptors (Lipinski definition) is 4. The molecule has 0 spiro atoms. The molecule has 2 aromatic rings. The molecule has 0 aromatic heterocycles. The third-order valence-electron chi connectivity index (χ3n) is 3.01. The van der Waals surface area contributed by atoms with Crippen molar-refractivity contribution in [3.8, 4) is 5.75 Å². The smallest absolute Gasteiger partial charge is 0.339 e. The van der Waals surface area contributed by atoms with Gasteiger partial charge in [-0.1, -0.05) is 24.3 Å². The van der Waals surface area contributed by atoms with Crippen LogP contribution in [-0.2, 0) is 9.53 Å². The number of carbonyl (C=O) groups is 2. The zero-order chi connectivity index (χ0) is 14.7. The second kappa shape index (κ2) is 5.61. The third kappa shape index (κ3) is 2.56. The Labute approximate surface area is 116 Å². The number of primary amides is 1. The Kier molecular flexibility index (Phi) is 3.89. The Morgan fingerprint density at radius 2 is 1.75 bits per heavy atom. The molecule has 1 amide bonds. The van der Waals surface area contributed by atoms with Crippen LogP contribution in [0.5, 0.6) is 5.75 Å². The molecule has 0 bridgehead atoms. The lowest BCUT2D eigenvalue weighted by Gasteiger charge is -2.12. The maximum absolute atomic E-state index is 12.1. The van der Waals surface area contributed by atoms with Crippen LogP contribution in [0.25, 0.3) is 10.8 Å². The molecule has 2 rings (SSSR count). The van der Waals surface area contributed by atoms with E-state index >= 15 is 0 Å². The summed E-state index contributed by atoms with van der Waals surface area (Å²) < 4.78 is 10.3. The van der Waals surface area contributed by atoms with Gasteiger partial charge in [-0.3, -0.25) is 4.79 Å². The van der Waals surface area contributed by atoms with E-state index in [0.29, 0.717) is 16.7 Å². The van der Waals surface area contributed by atoms with Gasteiger partial charge in [-0.2, -0.15) is 0 Å². The van der Waals surface area contributed by atoms with Gasteiger partial charge in [0.1, 0.15) is 5.75 Å². The van der Waals surface area contributed by atoms with Crippen molar-refractivity contribution in [2.45, 2.75) is 13.0 Å². The number of esters is 1. The second-order valence-electron chi connectivity index (χ2n) is 4.31. The first-order valence-corrected chi connectivity index (χ1v) is 6.10. The molecule has 0 fully saturated rings. The lowest BCUT2D eigenvalue weighted by atomic mass is 10.0. The average Bonchev–Trinajstić information content (AvgIpc) is 2.45. The Balaban J connectivity index is 2.45. The minimum Gasteiger partial charge on any atom is -0.496 e. The molecule has 0 aliphatic carbocycles. The van der Waals surface area contributed by atoms with E-state index in [-0.39, 0.29) is 0 Å². The summed E-state index contributed by atoms with van der Waals surface area (Å²) in [7, 11) is 1.56. The van der Waals surface area contributed by atoms with Crippen LogP contribution >= 0.6 is 0 Å². The highest BCUT2D eigenvalue weighted by Crippen LogP contribution is 2.28. The summed E-state index contributed by atoms with van der Waals surface area (Å²) in [6.45, 7) is 1.44. The van der Waals surface area contributed by atoms with Crippen molar-refractivity contribution in [3.63, 3.8) is 0 Å². The molecule has 0 unspecified atom stereocenters. The highest BCUT2D eigenvalue weighted by atomic mass is 16.5. The molecular formula is C15H15NO4. The number of ether oxygens (including phenoxy) is 2. The first-order valence-electron chi connectivity index (χ1n) is 6.10. The SMILES string of the molecule is COc1ccc(C(=O)O[C@H](C)C(N)=O)c2ccccc12. The van der Waals surface area contributed by atoms with Crippen LogP contribution in [0.4, 0.5) is 0 Å².